The maximum atomic E-state index is 11.2. The molecule has 0 aliphatic carbocycles. The first-order valence-corrected chi connectivity index (χ1v) is 4.65. The van der Waals surface area contributed by atoms with E-state index in [9.17, 15) is 9.59 Å². The number of carbonyl (C=O) groups excluding carboxylic acids is 1. The molecule has 0 bridgehead atoms. The number of nitrogens with one attached hydrogen (secondary N) is 3. The van der Waals surface area contributed by atoms with E-state index in [1.54, 1.807) is 6.92 Å². The van der Waals surface area contributed by atoms with E-state index >= 15 is 0 Å². The summed E-state index contributed by atoms with van der Waals surface area (Å²) in [6, 6.07) is -0.512. The van der Waals surface area contributed by atoms with Crippen molar-refractivity contribution in [3.8, 4) is 0 Å². The fourth-order valence-corrected chi connectivity index (χ4v) is 1.13. The van der Waals surface area contributed by atoms with E-state index in [0.717, 1.165) is 0 Å². The van der Waals surface area contributed by atoms with Crippen molar-refractivity contribution in [1.29, 1.82) is 0 Å². The second-order valence-electron chi connectivity index (χ2n) is 2.87. The first-order chi connectivity index (χ1) is 7.06. The summed E-state index contributed by atoms with van der Waals surface area (Å²) >= 11 is 5.68. The van der Waals surface area contributed by atoms with Crippen molar-refractivity contribution >= 4 is 23.3 Å². The van der Waals surface area contributed by atoms with Crippen molar-refractivity contribution in [2.24, 2.45) is 0 Å². The van der Waals surface area contributed by atoms with Gasteiger partial charge >= 0.3 is 0 Å². The normalized spacial score (nSPS) is 11.9. The number of aromatic nitrogens is 2. The quantitative estimate of drug-likeness (QED) is 0.681. The second-order valence-corrected chi connectivity index (χ2v) is 3.25. The molecule has 7 heteroatoms. The number of aromatic amines is 1. The third-order valence-corrected chi connectivity index (χ3v) is 2.14. The highest BCUT2D eigenvalue weighted by Gasteiger charge is 2.13. The molecule has 0 aromatic carbocycles. The van der Waals surface area contributed by atoms with Gasteiger partial charge in [-0.25, -0.2) is 4.98 Å². The first kappa shape index (κ1) is 11.5. The zero-order valence-corrected chi connectivity index (χ0v) is 9.05. The van der Waals surface area contributed by atoms with Crippen LogP contribution in [0.5, 0.6) is 0 Å². The largest absolute Gasteiger partial charge is 0.357 e. The minimum absolute atomic E-state index is 0.0618. The fourth-order valence-electron chi connectivity index (χ4n) is 0.971. The molecule has 1 aromatic rings. The molecule has 1 heterocycles. The lowest BCUT2D eigenvalue weighted by atomic mass is 10.3. The number of H-pyrrole nitrogens is 1. The zero-order valence-electron chi connectivity index (χ0n) is 8.30. The Morgan fingerprint density at radius 1 is 1.67 bits per heavy atom. The lowest BCUT2D eigenvalue weighted by molar-refractivity contribution is -0.121. The SMILES string of the molecule is CNC(=O)C(C)Nc1nc[nH]c(=O)c1Cl. The first-order valence-electron chi connectivity index (χ1n) is 4.27. The molecule has 1 unspecified atom stereocenters. The van der Waals surface area contributed by atoms with Crippen LogP contribution in [0.15, 0.2) is 11.1 Å². The number of nitrogens with zero attached hydrogens (tertiary/aromatic N) is 1. The van der Waals surface area contributed by atoms with Gasteiger partial charge < -0.3 is 15.6 Å². The third kappa shape index (κ3) is 2.69. The summed E-state index contributed by atoms with van der Waals surface area (Å²) in [5, 5.41) is 5.13. The van der Waals surface area contributed by atoms with E-state index in [0.29, 0.717) is 0 Å². The molecule has 0 spiro atoms. The van der Waals surface area contributed by atoms with Crippen LogP contribution in [0.25, 0.3) is 0 Å². The monoisotopic (exact) mass is 230 g/mol. The van der Waals surface area contributed by atoms with Crippen molar-refractivity contribution in [3.63, 3.8) is 0 Å². The van der Waals surface area contributed by atoms with E-state index in [2.05, 4.69) is 20.6 Å². The van der Waals surface area contributed by atoms with Gasteiger partial charge in [0.05, 0.1) is 6.33 Å². The molecule has 0 radical (unpaired) electrons. The number of likely N-dealkylation sites (N-methyl/N-ethyl adjacent to an activating group) is 1. The Kier molecular flexibility index (Phi) is 3.68. The molecular weight excluding hydrogens is 220 g/mol. The number of hydrogen-bond donors (Lipinski definition) is 3. The van der Waals surface area contributed by atoms with E-state index in [1.165, 1.54) is 13.4 Å². The predicted molar refractivity (Wildman–Crippen MR) is 57.0 cm³/mol. The summed E-state index contributed by atoms with van der Waals surface area (Å²) < 4.78 is 0. The molecular formula is C8H11ClN4O2. The van der Waals surface area contributed by atoms with Gasteiger partial charge in [-0.05, 0) is 6.92 Å². The number of hydrogen-bond acceptors (Lipinski definition) is 4. The molecule has 1 atom stereocenters. The number of rotatable bonds is 3. The van der Waals surface area contributed by atoms with Crippen LogP contribution in [0.1, 0.15) is 6.92 Å². The molecule has 0 saturated carbocycles. The third-order valence-electron chi connectivity index (χ3n) is 1.79. The van der Waals surface area contributed by atoms with Crippen LogP contribution < -0.4 is 16.2 Å². The van der Waals surface area contributed by atoms with Gasteiger partial charge in [0, 0.05) is 7.05 Å². The number of halogens is 1. The van der Waals surface area contributed by atoms with Crippen molar-refractivity contribution in [3.05, 3.63) is 21.7 Å². The molecule has 15 heavy (non-hydrogen) atoms. The molecule has 6 nitrogen and oxygen atoms in total. The van der Waals surface area contributed by atoms with Gasteiger partial charge in [-0.15, -0.1) is 0 Å². The minimum Gasteiger partial charge on any atom is -0.357 e. The topological polar surface area (TPSA) is 86.9 Å². The van der Waals surface area contributed by atoms with E-state index < -0.39 is 11.6 Å². The lowest BCUT2D eigenvalue weighted by Gasteiger charge is -2.12. The van der Waals surface area contributed by atoms with Crippen molar-refractivity contribution in [2.45, 2.75) is 13.0 Å². The summed E-state index contributed by atoms with van der Waals surface area (Å²) in [4.78, 5) is 28.4. The Bertz CT molecular complexity index is 417. The Morgan fingerprint density at radius 3 is 2.93 bits per heavy atom. The Labute approximate surface area is 91.1 Å². The molecule has 1 rings (SSSR count). The zero-order chi connectivity index (χ0) is 11.4. The fraction of sp³-hybridized carbons (Fsp3) is 0.375. The molecule has 0 aliphatic rings. The molecule has 1 amide bonds. The highest BCUT2D eigenvalue weighted by atomic mass is 35.5. The van der Waals surface area contributed by atoms with Gasteiger partial charge in [0.2, 0.25) is 5.91 Å². The maximum absolute atomic E-state index is 11.2. The van der Waals surface area contributed by atoms with Crippen LogP contribution in [-0.4, -0.2) is 29.0 Å². The molecule has 82 valence electrons. The molecule has 0 saturated heterocycles. The van der Waals surface area contributed by atoms with E-state index in [-0.39, 0.29) is 16.7 Å². The van der Waals surface area contributed by atoms with Crippen LogP contribution in [0.3, 0.4) is 0 Å². The predicted octanol–water partition coefficient (Wildman–Crippen LogP) is -0.0303. The lowest BCUT2D eigenvalue weighted by Crippen LogP contribution is -2.35. The van der Waals surface area contributed by atoms with Gasteiger partial charge in [-0.1, -0.05) is 11.6 Å². The van der Waals surface area contributed by atoms with Gasteiger partial charge in [0.15, 0.2) is 5.82 Å². The Hall–Kier alpha value is -1.56. The summed E-state index contributed by atoms with van der Waals surface area (Å²) in [5.74, 6) is -0.0235. The summed E-state index contributed by atoms with van der Waals surface area (Å²) in [6.07, 6.45) is 1.22. The molecule has 1 aromatic heterocycles. The second kappa shape index (κ2) is 4.79. The van der Waals surface area contributed by atoms with Crippen molar-refractivity contribution in [2.75, 3.05) is 12.4 Å². The average molecular weight is 231 g/mol. The molecule has 0 aliphatic heterocycles. The van der Waals surface area contributed by atoms with Crippen LogP contribution in [0.4, 0.5) is 5.82 Å². The maximum Gasteiger partial charge on any atom is 0.271 e. The minimum atomic E-state index is -0.512. The van der Waals surface area contributed by atoms with Gasteiger partial charge in [-0.3, -0.25) is 9.59 Å². The standard InChI is InChI=1S/C8H11ClN4O2/c1-4(7(14)10-2)13-6-5(9)8(15)12-3-11-6/h3-4H,1-2H3,(H,10,14)(H2,11,12,13,15). The van der Waals surface area contributed by atoms with Crippen LogP contribution in [-0.2, 0) is 4.79 Å². The van der Waals surface area contributed by atoms with Gasteiger partial charge in [-0.2, -0.15) is 0 Å². The number of anilines is 1. The Balaban J connectivity index is 2.86. The Morgan fingerprint density at radius 2 is 2.33 bits per heavy atom. The highest BCUT2D eigenvalue weighted by molar-refractivity contribution is 6.32. The highest BCUT2D eigenvalue weighted by Crippen LogP contribution is 2.12. The van der Waals surface area contributed by atoms with E-state index in [1.807, 2.05) is 0 Å². The summed E-state index contributed by atoms with van der Waals surface area (Å²) in [5.41, 5.74) is -0.446. The van der Waals surface area contributed by atoms with E-state index in [4.69, 9.17) is 11.6 Å². The average Bonchev–Trinajstić information content (AvgIpc) is 2.23. The van der Waals surface area contributed by atoms with Gasteiger partial charge in [0.1, 0.15) is 11.1 Å². The van der Waals surface area contributed by atoms with Crippen LogP contribution in [0.2, 0.25) is 5.02 Å². The smallest absolute Gasteiger partial charge is 0.271 e. The van der Waals surface area contributed by atoms with Crippen molar-refractivity contribution < 1.29 is 4.79 Å². The number of carbonyl (C=O) groups is 1. The van der Waals surface area contributed by atoms with Crippen LogP contribution in [0, 0.1) is 0 Å². The van der Waals surface area contributed by atoms with Crippen molar-refractivity contribution in [1.82, 2.24) is 15.3 Å². The van der Waals surface area contributed by atoms with Gasteiger partial charge in [0.25, 0.3) is 5.56 Å². The summed E-state index contributed by atoms with van der Waals surface area (Å²) in [6.45, 7) is 1.64. The summed E-state index contributed by atoms with van der Waals surface area (Å²) in [7, 11) is 1.52. The number of amides is 1. The molecule has 3 N–H and O–H groups in total. The molecule has 0 fully saturated rings. The van der Waals surface area contributed by atoms with Crippen LogP contribution >= 0.6 is 11.6 Å².